The van der Waals surface area contributed by atoms with Crippen molar-refractivity contribution in [3.05, 3.63) is 51.7 Å². The topological polar surface area (TPSA) is 128 Å². The molecule has 2 aromatic rings. The number of amides is 1. The van der Waals surface area contributed by atoms with Gasteiger partial charge in [-0.15, -0.1) is 0 Å². The second-order valence-electron chi connectivity index (χ2n) is 5.93. The number of likely N-dealkylation sites (tertiary alicyclic amines) is 1. The fraction of sp³-hybridized carbons (Fsp3) is 0.278. The lowest BCUT2D eigenvalue weighted by Crippen LogP contribution is -2.56. The van der Waals surface area contributed by atoms with Crippen LogP contribution in [0.3, 0.4) is 0 Å². The van der Waals surface area contributed by atoms with Crippen molar-refractivity contribution in [2.75, 3.05) is 27.3 Å². The summed E-state index contributed by atoms with van der Waals surface area (Å²) in [6, 6.07) is 7.51. The first kappa shape index (κ1) is 18.9. The number of rotatable bonds is 6. The molecule has 0 spiro atoms. The number of nitro benzene ring substituents is 1. The van der Waals surface area contributed by atoms with Gasteiger partial charge in [0.1, 0.15) is 11.7 Å². The number of benzene rings is 1. The summed E-state index contributed by atoms with van der Waals surface area (Å²) in [7, 11) is 2.74. The Morgan fingerprint density at radius 1 is 1.29 bits per heavy atom. The molecule has 0 aliphatic carbocycles. The van der Waals surface area contributed by atoms with Crippen LogP contribution in [-0.4, -0.2) is 54.1 Å². The van der Waals surface area contributed by atoms with E-state index in [4.69, 9.17) is 19.5 Å². The summed E-state index contributed by atoms with van der Waals surface area (Å²) < 4.78 is 15.8. The van der Waals surface area contributed by atoms with Crippen molar-refractivity contribution in [3.63, 3.8) is 0 Å². The van der Waals surface area contributed by atoms with Crippen LogP contribution in [0.4, 0.5) is 5.69 Å². The fourth-order valence-corrected chi connectivity index (χ4v) is 2.75. The van der Waals surface area contributed by atoms with Gasteiger partial charge in [0.05, 0.1) is 49.9 Å². The van der Waals surface area contributed by atoms with E-state index >= 15 is 0 Å². The van der Waals surface area contributed by atoms with Crippen molar-refractivity contribution >= 4 is 11.6 Å². The van der Waals surface area contributed by atoms with Crippen molar-refractivity contribution in [1.29, 1.82) is 5.26 Å². The Kier molecular flexibility index (Phi) is 5.26. The molecule has 3 rings (SSSR count). The molecular formula is C18H16N4O6. The van der Waals surface area contributed by atoms with Crippen molar-refractivity contribution in [1.82, 2.24) is 9.88 Å². The molecule has 1 aromatic heterocycles. The SMILES string of the molecule is COc1cc(C(=O)N2CC(Oc3cc(C#N)ccn3)C2)c([N+](=O)[O-])cc1OC. The third kappa shape index (κ3) is 3.64. The lowest BCUT2D eigenvalue weighted by molar-refractivity contribution is -0.385. The van der Waals surface area contributed by atoms with E-state index in [1.165, 1.54) is 37.4 Å². The molecule has 0 N–H and O–H groups in total. The van der Waals surface area contributed by atoms with E-state index in [9.17, 15) is 14.9 Å². The number of hydrogen-bond donors (Lipinski definition) is 0. The van der Waals surface area contributed by atoms with E-state index in [0.717, 1.165) is 6.07 Å². The number of nitrogens with zero attached hydrogens (tertiary/aromatic N) is 4. The molecule has 10 nitrogen and oxygen atoms in total. The van der Waals surface area contributed by atoms with Gasteiger partial charge in [-0.2, -0.15) is 5.26 Å². The van der Waals surface area contributed by atoms with E-state index in [2.05, 4.69) is 4.98 Å². The van der Waals surface area contributed by atoms with E-state index in [1.54, 1.807) is 6.07 Å². The standard InChI is InChI=1S/C18H16N4O6/c1-26-15-6-13(14(22(24)25)7-16(15)27-2)18(23)21-9-12(10-21)28-17-5-11(8-19)3-4-20-17/h3-7,12H,9-10H2,1-2H3. The van der Waals surface area contributed by atoms with Crippen LogP contribution in [0, 0.1) is 21.4 Å². The summed E-state index contributed by atoms with van der Waals surface area (Å²) in [5, 5.41) is 20.3. The fourth-order valence-electron chi connectivity index (χ4n) is 2.75. The molecule has 0 unspecified atom stereocenters. The Hall–Kier alpha value is -3.87. The van der Waals surface area contributed by atoms with Crippen molar-refractivity contribution < 1.29 is 23.9 Å². The number of nitro groups is 1. The Bertz CT molecular complexity index is 965. The zero-order valence-electron chi connectivity index (χ0n) is 15.1. The summed E-state index contributed by atoms with van der Waals surface area (Å²) in [4.78, 5) is 28.9. The maximum absolute atomic E-state index is 12.7. The summed E-state index contributed by atoms with van der Waals surface area (Å²) in [6.07, 6.45) is 1.15. The number of nitriles is 1. The average molecular weight is 384 g/mol. The van der Waals surface area contributed by atoms with Crippen LogP contribution in [0.25, 0.3) is 0 Å². The molecule has 1 aromatic carbocycles. The summed E-state index contributed by atoms with van der Waals surface area (Å²) in [5.74, 6) is 0.167. The normalized spacial score (nSPS) is 13.2. The highest BCUT2D eigenvalue weighted by Gasteiger charge is 2.36. The molecule has 1 aliphatic heterocycles. The largest absolute Gasteiger partial charge is 0.493 e. The van der Waals surface area contributed by atoms with E-state index < -0.39 is 10.8 Å². The number of ether oxygens (including phenoxy) is 3. The quantitative estimate of drug-likeness (QED) is 0.544. The van der Waals surface area contributed by atoms with Gasteiger partial charge in [-0.05, 0) is 6.07 Å². The third-order valence-electron chi connectivity index (χ3n) is 4.22. The van der Waals surface area contributed by atoms with Gasteiger partial charge in [0.2, 0.25) is 5.88 Å². The monoisotopic (exact) mass is 384 g/mol. The lowest BCUT2D eigenvalue weighted by atomic mass is 10.1. The number of carbonyl (C=O) groups excluding carboxylic acids is 1. The molecule has 2 heterocycles. The second kappa shape index (κ2) is 7.79. The minimum absolute atomic E-state index is 0.0919. The Morgan fingerprint density at radius 3 is 2.57 bits per heavy atom. The summed E-state index contributed by atoms with van der Waals surface area (Å²) in [6.45, 7) is 0.478. The maximum Gasteiger partial charge on any atom is 0.286 e. The molecule has 1 fully saturated rings. The third-order valence-corrected chi connectivity index (χ3v) is 4.22. The van der Waals surface area contributed by atoms with E-state index in [-0.39, 0.29) is 47.8 Å². The first-order valence-electron chi connectivity index (χ1n) is 8.19. The highest BCUT2D eigenvalue weighted by molar-refractivity contribution is 5.99. The smallest absolute Gasteiger partial charge is 0.286 e. The first-order chi connectivity index (χ1) is 13.5. The number of methoxy groups -OCH3 is 2. The predicted octanol–water partition coefficient (Wildman–Crippen LogP) is 1.78. The van der Waals surface area contributed by atoms with Crippen LogP contribution in [0.5, 0.6) is 17.4 Å². The van der Waals surface area contributed by atoms with Crippen LogP contribution in [0.15, 0.2) is 30.5 Å². The Labute approximate surface area is 160 Å². The van der Waals surface area contributed by atoms with E-state index in [0.29, 0.717) is 5.56 Å². The Balaban J connectivity index is 1.73. The number of hydrogen-bond acceptors (Lipinski definition) is 8. The molecule has 0 atom stereocenters. The molecule has 0 saturated carbocycles. The molecule has 1 aliphatic rings. The van der Waals surface area contributed by atoms with Crippen LogP contribution in [0.2, 0.25) is 0 Å². The number of pyridine rings is 1. The van der Waals surface area contributed by atoms with Crippen LogP contribution in [0.1, 0.15) is 15.9 Å². The predicted molar refractivity (Wildman–Crippen MR) is 95.5 cm³/mol. The van der Waals surface area contributed by atoms with Gasteiger partial charge < -0.3 is 19.1 Å². The lowest BCUT2D eigenvalue weighted by Gasteiger charge is -2.38. The van der Waals surface area contributed by atoms with Crippen LogP contribution < -0.4 is 14.2 Å². The van der Waals surface area contributed by atoms with Crippen LogP contribution in [-0.2, 0) is 0 Å². The summed E-state index contributed by atoms with van der Waals surface area (Å²) >= 11 is 0. The molecule has 10 heteroatoms. The van der Waals surface area contributed by atoms with Gasteiger partial charge >= 0.3 is 0 Å². The molecule has 1 amide bonds. The Morgan fingerprint density at radius 2 is 1.96 bits per heavy atom. The van der Waals surface area contributed by atoms with Gasteiger partial charge in [0.25, 0.3) is 11.6 Å². The van der Waals surface area contributed by atoms with Gasteiger partial charge in [0.15, 0.2) is 11.5 Å². The van der Waals surface area contributed by atoms with Gasteiger partial charge in [0, 0.05) is 18.3 Å². The summed E-state index contributed by atoms with van der Waals surface area (Å²) in [5.41, 5.74) is -0.0423. The molecule has 144 valence electrons. The highest BCUT2D eigenvalue weighted by Crippen LogP contribution is 2.35. The molecule has 1 saturated heterocycles. The van der Waals surface area contributed by atoms with Crippen molar-refractivity contribution in [3.8, 4) is 23.4 Å². The number of aromatic nitrogens is 1. The first-order valence-corrected chi connectivity index (χ1v) is 8.19. The van der Waals surface area contributed by atoms with Gasteiger partial charge in [-0.3, -0.25) is 14.9 Å². The van der Waals surface area contributed by atoms with Crippen LogP contribution >= 0.6 is 0 Å². The van der Waals surface area contributed by atoms with Crippen molar-refractivity contribution in [2.24, 2.45) is 0 Å². The number of carbonyl (C=O) groups is 1. The molecule has 0 radical (unpaired) electrons. The highest BCUT2D eigenvalue weighted by atomic mass is 16.6. The minimum atomic E-state index is -0.639. The average Bonchev–Trinajstić information content (AvgIpc) is 2.68. The molecule has 0 bridgehead atoms. The van der Waals surface area contributed by atoms with Gasteiger partial charge in [-0.1, -0.05) is 0 Å². The molecule has 28 heavy (non-hydrogen) atoms. The minimum Gasteiger partial charge on any atom is -0.493 e. The molecular weight excluding hydrogens is 368 g/mol. The zero-order chi connectivity index (χ0) is 20.3. The second-order valence-corrected chi connectivity index (χ2v) is 5.93. The van der Waals surface area contributed by atoms with Crippen molar-refractivity contribution in [2.45, 2.75) is 6.10 Å². The van der Waals surface area contributed by atoms with E-state index in [1.807, 2.05) is 6.07 Å². The van der Waals surface area contributed by atoms with Gasteiger partial charge in [-0.25, -0.2) is 4.98 Å². The zero-order valence-corrected chi connectivity index (χ0v) is 15.1. The maximum atomic E-state index is 12.7.